The van der Waals surface area contributed by atoms with Gasteiger partial charge in [0.1, 0.15) is 5.75 Å². The molecular formula is C13H16O2. The van der Waals surface area contributed by atoms with Crippen LogP contribution in [-0.4, -0.2) is 12.9 Å². The minimum atomic E-state index is 0.0480. The third-order valence-electron chi connectivity index (χ3n) is 2.10. The number of hydrogen-bond acceptors (Lipinski definition) is 2. The lowest BCUT2D eigenvalue weighted by molar-refractivity contribution is -0.117. The van der Waals surface area contributed by atoms with Gasteiger partial charge in [0, 0.05) is 5.92 Å². The minimum absolute atomic E-state index is 0.0480. The van der Waals surface area contributed by atoms with Gasteiger partial charge in [-0.1, -0.05) is 32.1 Å². The second-order valence-corrected chi connectivity index (χ2v) is 3.67. The van der Waals surface area contributed by atoms with Crippen LogP contribution in [0.5, 0.6) is 5.75 Å². The van der Waals surface area contributed by atoms with Crippen LogP contribution in [0.15, 0.2) is 30.3 Å². The van der Waals surface area contributed by atoms with Crippen LogP contribution in [0.2, 0.25) is 0 Å². The first-order valence-corrected chi connectivity index (χ1v) is 4.99. The summed E-state index contributed by atoms with van der Waals surface area (Å²) in [5.74, 6) is 0.985. The molecule has 0 aliphatic heterocycles. The molecule has 0 unspecified atom stereocenters. The molecule has 2 nitrogen and oxygen atoms in total. The summed E-state index contributed by atoms with van der Waals surface area (Å²) >= 11 is 0. The maximum absolute atomic E-state index is 11.4. The number of ether oxygens (including phenoxy) is 1. The highest BCUT2D eigenvalue weighted by Crippen LogP contribution is 2.13. The summed E-state index contributed by atoms with van der Waals surface area (Å²) in [4.78, 5) is 11.4. The Bertz CT molecular complexity index is 365. The molecule has 0 spiro atoms. The van der Waals surface area contributed by atoms with Gasteiger partial charge in [0.25, 0.3) is 0 Å². The molecule has 0 bridgehead atoms. The molecule has 0 radical (unpaired) electrons. The van der Waals surface area contributed by atoms with E-state index in [4.69, 9.17) is 4.74 Å². The summed E-state index contributed by atoms with van der Waals surface area (Å²) in [7, 11) is 1.63. The van der Waals surface area contributed by atoms with Crippen LogP contribution in [0.25, 0.3) is 6.08 Å². The molecule has 0 atom stereocenters. The molecule has 80 valence electrons. The van der Waals surface area contributed by atoms with Crippen molar-refractivity contribution in [3.63, 3.8) is 0 Å². The zero-order chi connectivity index (χ0) is 11.3. The van der Waals surface area contributed by atoms with E-state index in [9.17, 15) is 4.79 Å². The molecule has 0 amide bonds. The molecule has 0 heterocycles. The normalized spacial score (nSPS) is 10.9. The predicted octanol–water partition coefficient (Wildman–Crippen LogP) is 2.93. The van der Waals surface area contributed by atoms with Gasteiger partial charge in [-0.25, -0.2) is 0 Å². The second kappa shape index (κ2) is 5.35. The van der Waals surface area contributed by atoms with Gasteiger partial charge in [-0.2, -0.15) is 0 Å². The van der Waals surface area contributed by atoms with Gasteiger partial charge < -0.3 is 4.74 Å². The van der Waals surface area contributed by atoms with E-state index in [-0.39, 0.29) is 11.7 Å². The van der Waals surface area contributed by atoms with Gasteiger partial charge in [0.05, 0.1) is 7.11 Å². The van der Waals surface area contributed by atoms with E-state index < -0.39 is 0 Å². The third-order valence-corrected chi connectivity index (χ3v) is 2.10. The second-order valence-electron chi connectivity index (χ2n) is 3.67. The molecule has 2 heteroatoms. The Hall–Kier alpha value is -1.57. The van der Waals surface area contributed by atoms with E-state index in [0.717, 1.165) is 11.3 Å². The van der Waals surface area contributed by atoms with Gasteiger partial charge in [-0.3, -0.25) is 4.79 Å². The number of ketones is 1. The SMILES string of the molecule is COc1cccc(/C=C/C(=O)C(C)C)c1. The van der Waals surface area contributed by atoms with Crippen LogP contribution in [0.1, 0.15) is 19.4 Å². The zero-order valence-electron chi connectivity index (χ0n) is 9.36. The summed E-state index contributed by atoms with van der Waals surface area (Å²) in [5.41, 5.74) is 0.975. The highest BCUT2D eigenvalue weighted by molar-refractivity contribution is 5.94. The lowest BCUT2D eigenvalue weighted by Crippen LogP contribution is -2.01. The first kappa shape index (κ1) is 11.5. The van der Waals surface area contributed by atoms with E-state index in [2.05, 4.69) is 0 Å². The Labute approximate surface area is 90.6 Å². The molecule has 0 aliphatic carbocycles. The van der Waals surface area contributed by atoms with Crippen molar-refractivity contribution in [2.24, 2.45) is 5.92 Å². The molecule has 0 saturated heterocycles. The van der Waals surface area contributed by atoms with Crippen molar-refractivity contribution in [1.29, 1.82) is 0 Å². The highest BCUT2D eigenvalue weighted by atomic mass is 16.5. The highest BCUT2D eigenvalue weighted by Gasteiger charge is 2.01. The van der Waals surface area contributed by atoms with Gasteiger partial charge in [-0.05, 0) is 23.8 Å². The summed E-state index contributed by atoms with van der Waals surface area (Å²) in [5, 5.41) is 0. The molecule has 0 aromatic heterocycles. The van der Waals surface area contributed by atoms with Gasteiger partial charge in [0.15, 0.2) is 5.78 Å². The predicted molar refractivity (Wildman–Crippen MR) is 61.9 cm³/mol. The topological polar surface area (TPSA) is 26.3 Å². The Morgan fingerprint density at radius 3 is 2.73 bits per heavy atom. The number of benzene rings is 1. The lowest BCUT2D eigenvalue weighted by atomic mass is 10.1. The zero-order valence-corrected chi connectivity index (χ0v) is 9.36. The quantitative estimate of drug-likeness (QED) is 0.705. The smallest absolute Gasteiger partial charge is 0.158 e. The molecule has 0 aliphatic rings. The number of carbonyl (C=O) groups is 1. The minimum Gasteiger partial charge on any atom is -0.497 e. The first-order valence-electron chi connectivity index (χ1n) is 4.99. The number of hydrogen-bond donors (Lipinski definition) is 0. The van der Waals surface area contributed by atoms with E-state index in [0.29, 0.717) is 0 Å². The molecule has 1 rings (SSSR count). The monoisotopic (exact) mass is 204 g/mol. The summed E-state index contributed by atoms with van der Waals surface area (Å²) in [6, 6.07) is 7.61. The average Bonchev–Trinajstić information content (AvgIpc) is 2.26. The van der Waals surface area contributed by atoms with E-state index >= 15 is 0 Å². The largest absolute Gasteiger partial charge is 0.497 e. The van der Waals surface area contributed by atoms with Gasteiger partial charge in [-0.15, -0.1) is 0 Å². The maximum Gasteiger partial charge on any atom is 0.158 e. The number of methoxy groups -OCH3 is 1. The summed E-state index contributed by atoms with van der Waals surface area (Å²) < 4.78 is 5.09. The molecule has 0 N–H and O–H groups in total. The Morgan fingerprint density at radius 1 is 1.40 bits per heavy atom. The fourth-order valence-corrected chi connectivity index (χ4v) is 1.12. The molecular weight excluding hydrogens is 188 g/mol. The van der Waals surface area contributed by atoms with Crippen LogP contribution in [0.4, 0.5) is 0 Å². The molecule has 15 heavy (non-hydrogen) atoms. The Morgan fingerprint density at radius 2 is 2.13 bits per heavy atom. The van der Waals surface area contributed by atoms with Crippen LogP contribution in [-0.2, 0) is 4.79 Å². The molecule has 0 saturated carbocycles. The first-order chi connectivity index (χ1) is 7.13. The standard InChI is InChI=1S/C13H16O2/c1-10(2)13(14)8-7-11-5-4-6-12(9-11)15-3/h4-10H,1-3H3/b8-7+. The molecule has 1 aromatic carbocycles. The van der Waals surface area contributed by atoms with E-state index in [1.165, 1.54) is 0 Å². The molecule has 1 aromatic rings. The maximum atomic E-state index is 11.4. The van der Waals surface area contributed by atoms with Crippen LogP contribution < -0.4 is 4.74 Å². The van der Waals surface area contributed by atoms with Gasteiger partial charge in [0.2, 0.25) is 0 Å². The number of carbonyl (C=O) groups excluding carboxylic acids is 1. The van der Waals surface area contributed by atoms with Crippen LogP contribution >= 0.6 is 0 Å². The van der Waals surface area contributed by atoms with Crippen molar-refractivity contribution < 1.29 is 9.53 Å². The van der Waals surface area contributed by atoms with Crippen molar-refractivity contribution in [3.05, 3.63) is 35.9 Å². The van der Waals surface area contributed by atoms with E-state index in [1.807, 2.05) is 44.2 Å². The van der Waals surface area contributed by atoms with Crippen LogP contribution in [0, 0.1) is 5.92 Å². The third kappa shape index (κ3) is 3.58. The average molecular weight is 204 g/mol. The van der Waals surface area contributed by atoms with Crippen molar-refractivity contribution in [2.45, 2.75) is 13.8 Å². The summed E-state index contributed by atoms with van der Waals surface area (Å²) in [6.07, 6.45) is 3.42. The van der Waals surface area contributed by atoms with Crippen molar-refractivity contribution in [2.75, 3.05) is 7.11 Å². The summed E-state index contributed by atoms with van der Waals surface area (Å²) in [6.45, 7) is 3.77. The van der Waals surface area contributed by atoms with Crippen molar-refractivity contribution >= 4 is 11.9 Å². The van der Waals surface area contributed by atoms with Crippen molar-refractivity contribution in [1.82, 2.24) is 0 Å². The number of allylic oxidation sites excluding steroid dienone is 1. The van der Waals surface area contributed by atoms with Crippen LogP contribution in [0.3, 0.4) is 0 Å². The van der Waals surface area contributed by atoms with Crippen molar-refractivity contribution in [3.8, 4) is 5.75 Å². The van der Waals surface area contributed by atoms with Gasteiger partial charge >= 0.3 is 0 Å². The number of rotatable bonds is 4. The van der Waals surface area contributed by atoms with E-state index in [1.54, 1.807) is 13.2 Å². The fourth-order valence-electron chi connectivity index (χ4n) is 1.12. The Balaban J connectivity index is 2.76. The Kier molecular flexibility index (Phi) is 4.10. The lowest BCUT2D eigenvalue weighted by Gasteiger charge is -2.00. The fraction of sp³-hybridized carbons (Fsp3) is 0.308. The molecule has 0 fully saturated rings.